The minimum atomic E-state index is 0.0930. The van der Waals surface area contributed by atoms with Gasteiger partial charge in [-0.25, -0.2) is 9.97 Å². The third kappa shape index (κ3) is 2.82. The van der Waals surface area contributed by atoms with Gasteiger partial charge in [0.05, 0.1) is 23.1 Å². The van der Waals surface area contributed by atoms with Crippen LogP contribution in [-0.2, 0) is 0 Å². The van der Waals surface area contributed by atoms with Crippen LogP contribution in [0.3, 0.4) is 0 Å². The Kier molecular flexibility index (Phi) is 4.16. The van der Waals surface area contributed by atoms with E-state index in [-0.39, 0.29) is 5.92 Å². The van der Waals surface area contributed by atoms with Crippen LogP contribution in [0.15, 0.2) is 59.7 Å². The van der Waals surface area contributed by atoms with E-state index in [0.717, 1.165) is 40.1 Å². The lowest BCUT2D eigenvalue weighted by atomic mass is 9.98. The fraction of sp³-hybridized carbons (Fsp3) is 0.143. The average Bonchev–Trinajstić information content (AvgIpc) is 2.73. The Balaban J connectivity index is 1.85. The van der Waals surface area contributed by atoms with E-state index < -0.39 is 0 Å². The number of fused-ring (bicyclic) bond motifs is 1. The van der Waals surface area contributed by atoms with Gasteiger partial charge < -0.3 is 5.32 Å². The Hall–Kier alpha value is -3.52. The molecule has 0 fully saturated rings. The van der Waals surface area contributed by atoms with E-state index in [2.05, 4.69) is 16.4 Å². The number of hydrogen-bond acceptors (Lipinski definition) is 5. The van der Waals surface area contributed by atoms with Gasteiger partial charge in [0.15, 0.2) is 0 Å². The number of allylic oxidation sites excluding steroid dienone is 1. The van der Waals surface area contributed by atoms with Gasteiger partial charge in [-0.3, -0.25) is 4.99 Å². The molecular weight excluding hydrogens is 322 g/mol. The molecule has 26 heavy (non-hydrogen) atoms. The Bertz CT molecular complexity index is 1080. The number of hydrogen-bond donors (Lipinski definition) is 1. The quantitative estimate of drug-likeness (QED) is 0.773. The van der Waals surface area contributed by atoms with Crippen LogP contribution >= 0.6 is 0 Å². The second-order valence-electron chi connectivity index (χ2n) is 6.09. The molecule has 0 saturated carbocycles. The molecule has 3 aromatic rings. The monoisotopic (exact) mass is 339 g/mol. The zero-order chi connectivity index (χ0) is 17.9. The van der Waals surface area contributed by atoms with Crippen LogP contribution in [0.5, 0.6) is 0 Å². The first kappa shape index (κ1) is 16.0. The third-order valence-corrected chi connectivity index (χ3v) is 4.49. The van der Waals surface area contributed by atoms with Gasteiger partial charge in [-0.15, -0.1) is 0 Å². The second kappa shape index (κ2) is 6.77. The number of anilines is 1. The Morgan fingerprint density at radius 1 is 1.15 bits per heavy atom. The zero-order valence-corrected chi connectivity index (χ0v) is 14.3. The van der Waals surface area contributed by atoms with Crippen LogP contribution in [0.1, 0.15) is 23.7 Å². The molecule has 0 saturated heterocycles. The summed E-state index contributed by atoms with van der Waals surface area (Å²) in [6, 6.07) is 15.9. The summed E-state index contributed by atoms with van der Waals surface area (Å²) >= 11 is 0. The molecule has 1 N–H and O–H groups in total. The fourth-order valence-electron chi connectivity index (χ4n) is 3.16. The van der Waals surface area contributed by atoms with Crippen molar-refractivity contribution in [3.05, 3.63) is 66.1 Å². The highest BCUT2D eigenvalue weighted by Gasteiger charge is 2.16. The van der Waals surface area contributed by atoms with E-state index >= 15 is 0 Å². The molecule has 5 heteroatoms. The molecule has 4 rings (SSSR count). The first-order valence-electron chi connectivity index (χ1n) is 8.47. The summed E-state index contributed by atoms with van der Waals surface area (Å²) in [4.78, 5) is 13.7. The molecule has 2 heterocycles. The molecule has 1 atom stereocenters. The lowest BCUT2D eigenvalue weighted by Gasteiger charge is -2.14. The number of aliphatic imine (C=N–C) groups is 1. The van der Waals surface area contributed by atoms with Crippen molar-refractivity contribution in [3.63, 3.8) is 0 Å². The molecule has 5 nitrogen and oxygen atoms in total. The number of nitriles is 1. The van der Waals surface area contributed by atoms with Crippen molar-refractivity contribution in [2.24, 2.45) is 4.99 Å². The third-order valence-electron chi connectivity index (χ3n) is 4.49. The normalized spacial score (nSPS) is 15.8. The van der Waals surface area contributed by atoms with E-state index in [0.29, 0.717) is 5.56 Å². The van der Waals surface area contributed by atoms with E-state index in [9.17, 15) is 5.26 Å². The van der Waals surface area contributed by atoms with Crippen molar-refractivity contribution in [2.45, 2.75) is 12.3 Å². The second-order valence-corrected chi connectivity index (χ2v) is 6.09. The number of aromatic nitrogens is 2. The van der Waals surface area contributed by atoms with E-state index in [1.165, 1.54) is 0 Å². The van der Waals surface area contributed by atoms with Crippen LogP contribution in [0.25, 0.3) is 22.0 Å². The highest BCUT2D eigenvalue weighted by Crippen LogP contribution is 2.30. The maximum absolute atomic E-state index is 9.37. The van der Waals surface area contributed by atoms with E-state index in [4.69, 9.17) is 9.97 Å². The summed E-state index contributed by atoms with van der Waals surface area (Å²) in [7, 11) is 1.86. The minimum absolute atomic E-state index is 0.0930. The summed E-state index contributed by atoms with van der Waals surface area (Å²) in [5.41, 5.74) is 3.42. The van der Waals surface area contributed by atoms with Gasteiger partial charge in [0, 0.05) is 24.8 Å². The molecule has 0 spiro atoms. The molecule has 1 aromatic heterocycles. The van der Waals surface area contributed by atoms with Gasteiger partial charge >= 0.3 is 0 Å². The topological polar surface area (TPSA) is 74.0 Å². The SMILES string of the molecule is CNc1nc(C2C=NC=CC2)nc2ccc(-c3ccccc3C#N)cc12. The van der Waals surface area contributed by atoms with Crippen molar-refractivity contribution in [3.8, 4) is 17.2 Å². The smallest absolute Gasteiger partial charge is 0.140 e. The van der Waals surface area contributed by atoms with Crippen LogP contribution in [-0.4, -0.2) is 23.2 Å². The fourth-order valence-corrected chi connectivity index (χ4v) is 3.16. The average molecular weight is 339 g/mol. The summed E-state index contributed by atoms with van der Waals surface area (Å²) in [6.07, 6.45) is 6.57. The van der Waals surface area contributed by atoms with Crippen molar-refractivity contribution >= 4 is 22.9 Å². The van der Waals surface area contributed by atoms with Crippen LogP contribution in [0.2, 0.25) is 0 Å². The van der Waals surface area contributed by atoms with Gasteiger partial charge in [-0.2, -0.15) is 5.26 Å². The van der Waals surface area contributed by atoms with Crippen molar-refractivity contribution in [1.82, 2.24) is 9.97 Å². The van der Waals surface area contributed by atoms with Crippen molar-refractivity contribution in [2.75, 3.05) is 12.4 Å². The molecule has 2 aromatic carbocycles. The number of nitrogens with one attached hydrogen (secondary N) is 1. The molecular formula is C21H17N5. The van der Waals surface area contributed by atoms with Gasteiger partial charge in [0.2, 0.25) is 0 Å². The van der Waals surface area contributed by atoms with E-state index in [1.807, 2.05) is 61.8 Å². The summed E-state index contributed by atoms with van der Waals surface area (Å²) in [5.74, 6) is 1.64. The maximum Gasteiger partial charge on any atom is 0.140 e. The van der Waals surface area contributed by atoms with Gasteiger partial charge in [-0.05, 0) is 35.7 Å². The molecule has 0 bridgehead atoms. The van der Waals surface area contributed by atoms with Crippen LogP contribution < -0.4 is 5.32 Å². The Labute approximate surface area is 151 Å². The van der Waals surface area contributed by atoms with Crippen molar-refractivity contribution < 1.29 is 0 Å². The standard InChI is InChI=1S/C21H17N5/c1-23-21-18-11-14(17-7-3-2-5-15(17)12-22)8-9-19(18)25-20(26-21)16-6-4-10-24-13-16/h2-5,7-11,13,16H,6H2,1H3,(H,23,25,26). The summed E-state index contributed by atoms with van der Waals surface area (Å²) in [6.45, 7) is 0. The van der Waals surface area contributed by atoms with Gasteiger partial charge in [0.1, 0.15) is 11.6 Å². The highest BCUT2D eigenvalue weighted by atomic mass is 15.0. The molecule has 126 valence electrons. The number of benzene rings is 2. The van der Waals surface area contributed by atoms with Gasteiger partial charge in [0.25, 0.3) is 0 Å². The predicted molar refractivity (Wildman–Crippen MR) is 104 cm³/mol. The summed E-state index contributed by atoms with van der Waals surface area (Å²) in [5, 5.41) is 13.5. The predicted octanol–water partition coefficient (Wildman–Crippen LogP) is 4.28. The van der Waals surface area contributed by atoms with E-state index in [1.54, 1.807) is 6.20 Å². The molecule has 1 aliphatic rings. The molecule has 0 amide bonds. The summed E-state index contributed by atoms with van der Waals surface area (Å²) < 4.78 is 0. The highest BCUT2D eigenvalue weighted by molar-refractivity contribution is 5.93. The molecule has 1 unspecified atom stereocenters. The Morgan fingerprint density at radius 3 is 2.81 bits per heavy atom. The molecule has 1 aliphatic heterocycles. The largest absolute Gasteiger partial charge is 0.373 e. The molecule has 0 radical (unpaired) electrons. The van der Waals surface area contributed by atoms with Crippen molar-refractivity contribution in [1.29, 1.82) is 5.26 Å². The van der Waals surface area contributed by atoms with Crippen LogP contribution in [0, 0.1) is 11.3 Å². The number of nitrogens with zero attached hydrogens (tertiary/aromatic N) is 4. The first-order chi connectivity index (χ1) is 12.8. The van der Waals surface area contributed by atoms with Gasteiger partial charge in [-0.1, -0.05) is 30.3 Å². The lowest BCUT2D eigenvalue weighted by Crippen LogP contribution is -2.09. The minimum Gasteiger partial charge on any atom is -0.373 e. The Morgan fingerprint density at radius 2 is 2.04 bits per heavy atom. The maximum atomic E-state index is 9.37. The first-order valence-corrected chi connectivity index (χ1v) is 8.47. The molecule has 0 aliphatic carbocycles. The number of rotatable bonds is 3. The lowest BCUT2D eigenvalue weighted by molar-refractivity contribution is 0.827. The zero-order valence-electron chi connectivity index (χ0n) is 14.3. The van der Waals surface area contributed by atoms with Crippen LogP contribution in [0.4, 0.5) is 5.82 Å².